The van der Waals surface area contributed by atoms with Crippen molar-refractivity contribution >= 4 is 32.9 Å². The van der Waals surface area contributed by atoms with Gasteiger partial charge in [-0.25, -0.2) is 9.97 Å². The minimum Gasteiger partial charge on any atom is -0.368 e. The van der Waals surface area contributed by atoms with Crippen LogP contribution >= 0.6 is 15.9 Å². The number of hydrogen-bond donors (Lipinski definition) is 1. The highest BCUT2D eigenvalue weighted by Gasteiger charge is 2.30. The van der Waals surface area contributed by atoms with E-state index >= 15 is 0 Å². The van der Waals surface area contributed by atoms with E-state index in [2.05, 4.69) is 36.5 Å². The van der Waals surface area contributed by atoms with Crippen molar-refractivity contribution in [1.29, 1.82) is 0 Å². The lowest BCUT2D eigenvalue weighted by atomic mass is 10.3. The number of anilines is 1. The lowest BCUT2D eigenvalue weighted by Gasteiger charge is -2.08. The molecule has 1 saturated carbocycles. The van der Waals surface area contributed by atoms with Crippen LogP contribution < -0.4 is 5.73 Å². The predicted octanol–water partition coefficient (Wildman–Crippen LogP) is 3.04. The number of fused-ring (bicyclic) bond motifs is 1. The summed E-state index contributed by atoms with van der Waals surface area (Å²) in [6, 6.07) is 7.95. The number of imidazole rings is 1. The summed E-state index contributed by atoms with van der Waals surface area (Å²) in [5, 5.41) is 0. The summed E-state index contributed by atoms with van der Waals surface area (Å²) < 4.78 is 3.12. The van der Waals surface area contributed by atoms with Gasteiger partial charge in [0.1, 0.15) is 11.6 Å². The molecule has 1 fully saturated rings. The van der Waals surface area contributed by atoms with Crippen LogP contribution in [0.25, 0.3) is 16.9 Å². The molecule has 4 rings (SSSR count). The summed E-state index contributed by atoms with van der Waals surface area (Å²) in [5.41, 5.74) is 7.74. The fourth-order valence-corrected chi connectivity index (χ4v) is 2.76. The van der Waals surface area contributed by atoms with Gasteiger partial charge < -0.3 is 5.73 Å². The van der Waals surface area contributed by atoms with E-state index in [-0.39, 0.29) is 5.95 Å². The van der Waals surface area contributed by atoms with Crippen molar-refractivity contribution in [3.63, 3.8) is 0 Å². The Hall–Kier alpha value is -1.95. The normalized spacial score (nSPS) is 14.8. The molecule has 5 nitrogen and oxygen atoms in total. The monoisotopic (exact) mass is 329 g/mol. The van der Waals surface area contributed by atoms with Crippen LogP contribution in [0.1, 0.15) is 24.6 Å². The first-order chi connectivity index (χ1) is 9.72. The van der Waals surface area contributed by atoms with Gasteiger partial charge in [-0.05, 0) is 37.1 Å². The summed E-state index contributed by atoms with van der Waals surface area (Å²) in [6.45, 7) is 0. The molecule has 0 radical (unpaired) electrons. The van der Waals surface area contributed by atoms with Crippen LogP contribution in [0.15, 0.2) is 34.9 Å². The molecule has 1 aromatic carbocycles. The second kappa shape index (κ2) is 4.28. The Kier molecular flexibility index (Phi) is 2.53. The van der Waals surface area contributed by atoms with Crippen LogP contribution in [0.3, 0.4) is 0 Å². The van der Waals surface area contributed by atoms with Gasteiger partial charge in [0, 0.05) is 16.6 Å². The molecule has 0 amide bonds. The number of aromatic nitrogens is 4. The molecule has 2 N–H and O–H groups in total. The molecule has 3 aromatic rings. The maximum Gasteiger partial charge on any atom is 0.221 e. The van der Waals surface area contributed by atoms with E-state index in [0.29, 0.717) is 5.92 Å². The highest BCUT2D eigenvalue weighted by atomic mass is 79.9. The first-order valence-corrected chi connectivity index (χ1v) is 7.28. The van der Waals surface area contributed by atoms with Crippen LogP contribution in [0.4, 0.5) is 5.95 Å². The van der Waals surface area contributed by atoms with E-state index in [1.54, 1.807) is 6.20 Å². The average molecular weight is 330 g/mol. The lowest BCUT2D eigenvalue weighted by Crippen LogP contribution is -2.05. The minimum atomic E-state index is 0.279. The largest absolute Gasteiger partial charge is 0.368 e. The number of benzene rings is 1. The van der Waals surface area contributed by atoms with Crippen molar-refractivity contribution in [3.05, 3.63) is 40.8 Å². The van der Waals surface area contributed by atoms with Gasteiger partial charge >= 0.3 is 0 Å². The molecular formula is C14H12BrN5. The zero-order valence-electron chi connectivity index (χ0n) is 10.6. The summed E-state index contributed by atoms with van der Waals surface area (Å²) >= 11 is 3.52. The molecule has 0 atom stereocenters. The Bertz CT molecular complexity index is 806. The number of hydrogen-bond acceptors (Lipinski definition) is 4. The molecule has 2 heterocycles. The van der Waals surface area contributed by atoms with E-state index in [9.17, 15) is 0 Å². The average Bonchev–Trinajstić information content (AvgIpc) is 3.20. The number of halogens is 1. The van der Waals surface area contributed by atoms with Crippen LogP contribution in [0.2, 0.25) is 0 Å². The van der Waals surface area contributed by atoms with Crippen LogP contribution in [-0.2, 0) is 0 Å². The number of nitrogens with zero attached hydrogens (tertiary/aromatic N) is 4. The van der Waals surface area contributed by atoms with Gasteiger partial charge in [-0.2, -0.15) is 4.98 Å². The van der Waals surface area contributed by atoms with Gasteiger partial charge in [0.05, 0.1) is 11.0 Å². The molecule has 0 saturated heterocycles. The van der Waals surface area contributed by atoms with Crippen molar-refractivity contribution in [2.45, 2.75) is 18.8 Å². The number of rotatable bonds is 2. The molecule has 6 heteroatoms. The summed E-state index contributed by atoms with van der Waals surface area (Å²) in [5.74, 6) is 2.65. The van der Waals surface area contributed by atoms with Gasteiger partial charge in [0.25, 0.3) is 0 Å². The van der Waals surface area contributed by atoms with Crippen molar-refractivity contribution in [1.82, 2.24) is 19.5 Å². The van der Waals surface area contributed by atoms with Gasteiger partial charge in [-0.1, -0.05) is 15.9 Å². The Morgan fingerprint density at radius 1 is 1.20 bits per heavy atom. The van der Waals surface area contributed by atoms with E-state index in [4.69, 9.17) is 10.7 Å². The SMILES string of the molecule is Nc1nccc(-n2c(C3CC3)nc3ccc(Br)cc32)n1. The highest BCUT2D eigenvalue weighted by molar-refractivity contribution is 9.10. The highest BCUT2D eigenvalue weighted by Crippen LogP contribution is 2.41. The zero-order valence-corrected chi connectivity index (χ0v) is 12.2. The fourth-order valence-electron chi connectivity index (χ4n) is 2.41. The zero-order chi connectivity index (χ0) is 13.7. The molecule has 0 bridgehead atoms. The molecule has 0 aliphatic heterocycles. The Morgan fingerprint density at radius 3 is 2.80 bits per heavy atom. The number of nitrogens with two attached hydrogens (primary N) is 1. The van der Waals surface area contributed by atoms with Crippen molar-refractivity contribution in [3.8, 4) is 5.82 Å². The Morgan fingerprint density at radius 2 is 2.05 bits per heavy atom. The molecular weight excluding hydrogens is 318 g/mol. The fraction of sp³-hybridized carbons (Fsp3) is 0.214. The third kappa shape index (κ3) is 1.87. The third-order valence-electron chi connectivity index (χ3n) is 3.47. The Labute approximate surface area is 124 Å². The van der Waals surface area contributed by atoms with Crippen molar-refractivity contribution in [2.24, 2.45) is 0 Å². The third-order valence-corrected chi connectivity index (χ3v) is 3.97. The quantitative estimate of drug-likeness (QED) is 0.784. The van der Waals surface area contributed by atoms with E-state index in [1.807, 2.05) is 18.2 Å². The summed E-state index contributed by atoms with van der Waals surface area (Å²) in [4.78, 5) is 13.1. The molecule has 1 aliphatic rings. The van der Waals surface area contributed by atoms with E-state index < -0.39 is 0 Å². The molecule has 20 heavy (non-hydrogen) atoms. The topological polar surface area (TPSA) is 69.6 Å². The van der Waals surface area contributed by atoms with Crippen LogP contribution in [0, 0.1) is 0 Å². The summed E-state index contributed by atoms with van der Waals surface area (Å²) in [7, 11) is 0. The molecule has 0 spiro atoms. The maximum atomic E-state index is 5.72. The second-order valence-electron chi connectivity index (χ2n) is 4.99. The first kappa shape index (κ1) is 11.8. The van der Waals surface area contributed by atoms with Gasteiger partial charge in [-0.3, -0.25) is 4.57 Å². The first-order valence-electron chi connectivity index (χ1n) is 6.49. The second-order valence-corrected chi connectivity index (χ2v) is 5.90. The van der Waals surface area contributed by atoms with Crippen molar-refractivity contribution in [2.75, 3.05) is 5.73 Å². The molecule has 1 aliphatic carbocycles. The van der Waals surface area contributed by atoms with Gasteiger partial charge in [-0.15, -0.1) is 0 Å². The molecule has 0 unspecified atom stereocenters. The smallest absolute Gasteiger partial charge is 0.221 e. The minimum absolute atomic E-state index is 0.279. The number of nitrogen functional groups attached to an aromatic ring is 1. The molecule has 100 valence electrons. The van der Waals surface area contributed by atoms with Crippen LogP contribution in [0.5, 0.6) is 0 Å². The van der Waals surface area contributed by atoms with Gasteiger partial charge in [0.15, 0.2) is 0 Å². The predicted molar refractivity (Wildman–Crippen MR) is 80.7 cm³/mol. The van der Waals surface area contributed by atoms with E-state index in [1.165, 1.54) is 12.8 Å². The maximum absolute atomic E-state index is 5.72. The van der Waals surface area contributed by atoms with E-state index in [0.717, 1.165) is 27.1 Å². The molecule has 2 aromatic heterocycles. The lowest BCUT2D eigenvalue weighted by molar-refractivity contribution is 0.871. The van der Waals surface area contributed by atoms with Gasteiger partial charge in [0.2, 0.25) is 5.95 Å². The van der Waals surface area contributed by atoms with Crippen LogP contribution in [-0.4, -0.2) is 19.5 Å². The Balaban J connectivity index is 2.04. The summed E-state index contributed by atoms with van der Waals surface area (Å²) in [6.07, 6.45) is 4.05. The standard InChI is InChI=1S/C14H12BrN5/c15-9-3-4-10-11(7-9)20(13(18-10)8-1-2-8)12-5-6-17-14(16)19-12/h3-8H,1-2H2,(H2,16,17,19). The van der Waals surface area contributed by atoms with Crippen molar-refractivity contribution < 1.29 is 0 Å².